The number of hydrogen-bond acceptors (Lipinski definition) is 5. The highest BCUT2D eigenvalue weighted by atomic mass is 16.6. The van der Waals surface area contributed by atoms with Gasteiger partial charge >= 0.3 is 0 Å². The lowest BCUT2D eigenvalue weighted by Crippen LogP contribution is -2.16. The average Bonchev–Trinajstić information content (AvgIpc) is 2.87. The molecule has 0 unspecified atom stereocenters. The van der Waals surface area contributed by atoms with E-state index >= 15 is 0 Å². The minimum atomic E-state index is -0.235. The molecule has 0 spiro atoms. The van der Waals surface area contributed by atoms with Crippen molar-refractivity contribution in [3.8, 4) is 23.0 Å². The summed E-state index contributed by atoms with van der Waals surface area (Å²) in [6.07, 6.45) is 0. The van der Waals surface area contributed by atoms with Gasteiger partial charge < -0.3 is 24.3 Å². The molecule has 0 saturated carbocycles. The number of methoxy groups -OCH3 is 1. The number of carbonyl (C=O) groups is 1. The quantitative estimate of drug-likeness (QED) is 0.431. The number of rotatable bonds is 6. The number of anilines is 1. The first-order valence-electron chi connectivity index (χ1n) is 10.7. The molecule has 1 N–H and O–H groups in total. The Hall–Kier alpha value is -4.19. The Kier molecular flexibility index (Phi) is 5.72. The minimum absolute atomic E-state index is 0.235. The van der Waals surface area contributed by atoms with Crippen molar-refractivity contribution in [2.24, 2.45) is 0 Å². The first kappa shape index (κ1) is 20.7. The number of hydrogen-bond donors (Lipinski definition) is 1. The Balaban J connectivity index is 1.32. The van der Waals surface area contributed by atoms with Crippen molar-refractivity contribution in [3.05, 3.63) is 90.0 Å². The summed E-state index contributed by atoms with van der Waals surface area (Å²) in [5.41, 5.74) is 1.91. The third-order valence-corrected chi connectivity index (χ3v) is 5.46. The van der Waals surface area contributed by atoms with Crippen molar-refractivity contribution in [3.63, 3.8) is 0 Å². The molecule has 0 saturated heterocycles. The van der Waals surface area contributed by atoms with Crippen molar-refractivity contribution in [2.45, 2.75) is 6.61 Å². The topological polar surface area (TPSA) is 66.0 Å². The highest BCUT2D eigenvalue weighted by molar-refractivity contribution is 6.04. The predicted octanol–water partition coefficient (Wildman–Crippen LogP) is 5.45. The molecule has 4 aromatic rings. The largest absolute Gasteiger partial charge is 0.496 e. The fraction of sp³-hybridized carbons (Fsp3) is 0.148. The van der Waals surface area contributed by atoms with E-state index in [2.05, 4.69) is 11.4 Å². The second kappa shape index (κ2) is 9.12. The van der Waals surface area contributed by atoms with E-state index in [9.17, 15) is 4.79 Å². The van der Waals surface area contributed by atoms with Gasteiger partial charge in [0.25, 0.3) is 5.91 Å². The standard InChI is InChI=1S/C27H23NO5/c1-30-24-10-7-20(27(29)28-22-8-11-25-26(16-22)32-13-12-31-25)14-21(24)17-33-23-9-6-18-4-2-3-5-19(18)15-23/h2-11,14-16H,12-13,17H2,1H3,(H,28,29). The van der Waals surface area contributed by atoms with Crippen LogP contribution in [0.2, 0.25) is 0 Å². The first-order chi connectivity index (χ1) is 16.2. The van der Waals surface area contributed by atoms with Gasteiger partial charge in [-0.25, -0.2) is 0 Å². The lowest BCUT2D eigenvalue weighted by Gasteiger charge is -2.19. The van der Waals surface area contributed by atoms with Crippen LogP contribution in [-0.2, 0) is 6.61 Å². The summed E-state index contributed by atoms with van der Waals surface area (Å²) in [5.74, 6) is 2.48. The molecule has 0 fully saturated rings. The van der Waals surface area contributed by atoms with Gasteiger partial charge in [-0.2, -0.15) is 0 Å². The summed E-state index contributed by atoms with van der Waals surface area (Å²) in [5, 5.41) is 5.17. The smallest absolute Gasteiger partial charge is 0.255 e. The first-order valence-corrected chi connectivity index (χ1v) is 10.7. The van der Waals surface area contributed by atoms with E-state index in [0.29, 0.717) is 41.7 Å². The van der Waals surface area contributed by atoms with E-state index in [1.807, 2.05) is 36.4 Å². The molecule has 33 heavy (non-hydrogen) atoms. The van der Waals surface area contributed by atoms with Crippen molar-refractivity contribution in [2.75, 3.05) is 25.6 Å². The summed E-state index contributed by atoms with van der Waals surface area (Å²) in [6.45, 7) is 1.28. The number of nitrogens with one attached hydrogen (secondary N) is 1. The molecule has 1 aliphatic rings. The van der Waals surface area contributed by atoms with Crippen molar-refractivity contribution in [1.29, 1.82) is 0 Å². The van der Waals surface area contributed by atoms with Gasteiger partial charge in [-0.1, -0.05) is 30.3 Å². The Morgan fingerprint density at radius 1 is 0.879 bits per heavy atom. The number of benzene rings is 4. The number of fused-ring (bicyclic) bond motifs is 2. The summed E-state index contributed by atoms with van der Waals surface area (Å²) in [4.78, 5) is 12.9. The van der Waals surface area contributed by atoms with Crippen LogP contribution in [-0.4, -0.2) is 26.2 Å². The molecule has 1 aliphatic heterocycles. The lowest BCUT2D eigenvalue weighted by atomic mass is 10.1. The highest BCUT2D eigenvalue weighted by Gasteiger charge is 2.15. The molecule has 1 amide bonds. The molecule has 6 heteroatoms. The van der Waals surface area contributed by atoms with Gasteiger partial charge in [0.1, 0.15) is 31.3 Å². The molecule has 0 radical (unpaired) electrons. The molecule has 0 atom stereocenters. The van der Waals surface area contributed by atoms with E-state index in [1.54, 1.807) is 43.5 Å². The fourth-order valence-corrected chi connectivity index (χ4v) is 3.78. The fourth-order valence-electron chi connectivity index (χ4n) is 3.78. The minimum Gasteiger partial charge on any atom is -0.496 e. The molecule has 0 aliphatic carbocycles. The normalized spacial score (nSPS) is 12.3. The van der Waals surface area contributed by atoms with Gasteiger partial charge in [-0.05, 0) is 53.2 Å². The monoisotopic (exact) mass is 441 g/mol. The van der Waals surface area contributed by atoms with E-state index < -0.39 is 0 Å². The second-order valence-electron chi connectivity index (χ2n) is 7.64. The van der Waals surface area contributed by atoms with Gasteiger partial charge in [-0.15, -0.1) is 0 Å². The van der Waals surface area contributed by atoms with Crippen LogP contribution >= 0.6 is 0 Å². The van der Waals surface area contributed by atoms with Crippen LogP contribution < -0.4 is 24.3 Å². The average molecular weight is 441 g/mol. The predicted molar refractivity (Wildman–Crippen MR) is 127 cm³/mol. The Bertz CT molecular complexity index is 1320. The van der Waals surface area contributed by atoms with Crippen LogP contribution in [0.4, 0.5) is 5.69 Å². The number of amides is 1. The van der Waals surface area contributed by atoms with Gasteiger partial charge in [-0.3, -0.25) is 4.79 Å². The molecular weight excluding hydrogens is 418 g/mol. The SMILES string of the molecule is COc1ccc(C(=O)Nc2ccc3c(c2)OCCO3)cc1COc1ccc2ccccc2c1. The van der Waals surface area contributed by atoms with Gasteiger partial charge in [0.2, 0.25) is 0 Å². The van der Waals surface area contributed by atoms with Crippen LogP contribution in [0, 0.1) is 0 Å². The summed E-state index contributed by atoms with van der Waals surface area (Å²) < 4.78 is 22.6. The van der Waals surface area contributed by atoms with Gasteiger partial charge in [0.05, 0.1) is 7.11 Å². The molecule has 6 nitrogen and oxygen atoms in total. The Labute approximate surface area is 191 Å². The highest BCUT2D eigenvalue weighted by Crippen LogP contribution is 2.33. The second-order valence-corrected chi connectivity index (χ2v) is 7.64. The van der Waals surface area contributed by atoms with Gasteiger partial charge in [0.15, 0.2) is 11.5 Å². The van der Waals surface area contributed by atoms with Crippen LogP contribution in [0.1, 0.15) is 15.9 Å². The summed E-state index contributed by atoms with van der Waals surface area (Å²) in [7, 11) is 1.60. The number of ether oxygens (including phenoxy) is 4. The van der Waals surface area contributed by atoms with E-state index in [4.69, 9.17) is 18.9 Å². The maximum atomic E-state index is 12.9. The summed E-state index contributed by atoms with van der Waals surface area (Å²) in [6, 6.07) is 24.7. The van der Waals surface area contributed by atoms with Crippen LogP contribution in [0.3, 0.4) is 0 Å². The molecule has 4 aromatic carbocycles. The Morgan fingerprint density at radius 3 is 2.55 bits per heavy atom. The number of carbonyl (C=O) groups excluding carboxylic acids is 1. The van der Waals surface area contributed by atoms with Crippen LogP contribution in [0.5, 0.6) is 23.0 Å². The Morgan fingerprint density at radius 2 is 1.70 bits per heavy atom. The molecule has 1 heterocycles. The lowest BCUT2D eigenvalue weighted by molar-refractivity contribution is 0.102. The third kappa shape index (κ3) is 4.55. The van der Waals surface area contributed by atoms with Crippen molar-refractivity contribution >= 4 is 22.4 Å². The van der Waals surface area contributed by atoms with Crippen LogP contribution in [0.15, 0.2) is 78.9 Å². The molecule has 0 aromatic heterocycles. The molecule has 5 rings (SSSR count). The van der Waals surface area contributed by atoms with E-state index in [0.717, 1.165) is 22.1 Å². The van der Waals surface area contributed by atoms with Crippen LogP contribution in [0.25, 0.3) is 10.8 Å². The van der Waals surface area contributed by atoms with Gasteiger partial charge in [0, 0.05) is 22.9 Å². The van der Waals surface area contributed by atoms with E-state index in [1.165, 1.54) is 0 Å². The zero-order valence-electron chi connectivity index (χ0n) is 18.2. The van der Waals surface area contributed by atoms with Crippen molar-refractivity contribution < 1.29 is 23.7 Å². The third-order valence-electron chi connectivity index (χ3n) is 5.46. The zero-order chi connectivity index (χ0) is 22.6. The van der Waals surface area contributed by atoms with Crippen molar-refractivity contribution in [1.82, 2.24) is 0 Å². The molecular formula is C27H23NO5. The summed E-state index contributed by atoms with van der Waals surface area (Å²) >= 11 is 0. The molecule has 0 bridgehead atoms. The van der Waals surface area contributed by atoms with E-state index in [-0.39, 0.29) is 12.5 Å². The maximum Gasteiger partial charge on any atom is 0.255 e. The molecule has 166 valence electrons. The zero-order valence-corrected chi connectivity index (χ0v) is 18.2. The maximum absolute atomic E-state index is 12.9.